The Bertz CT molecular complexity index is 738. The molecule has 0 aliphatic rings. The lowest BCUT2D eigenvalue weighted by Gasteiger charge is -2.14. The highest BCUT2D eigenvalue weighted by atomic mass is 35.5. The summed E-state index contributed by atoms with van der Waals surface area (Å²) in [5, 5.41) is 2.70. The Hall–Kier alpha value is -1.93. The van der Waals surface area contributed by atoms with Gasteiger partial charge in [0.1, 0.15) is 11.6 Å². The van der Waals surface area contributed by atoms with E-state index in [1.54, 1.807) is 0 Å². The number of hydrogen-bond acceptors (Lipinski definition) is 3. The normalized spacial score (nSPS) is 11.2. The van der Waals surface area contributed by atoms with Crippen molar-refractivity contribution in [2.24, 2.45) is 0 Å². The molecule has 1 N–H and O–H groups in total. The van der Waals surface area contributed by atoms with Crippen molar-refractivity contribution in [3.8, 4) is 5.75 Å². The minimum atomic E-state index is -4.50. The topological polar surface area (TPSA) is 38.3 Å². The SMILES string of the molecule is O=C(CSc1ccc(F)cc1)Nc1cc(Cl)ccc1OCC(F)(F)F. The van der Waals surface area contributed by atoms with Crippen LogP contribution in [0.5, 0.6) is 5.75 Å². The van der Waals surface area contributed by atoms with E-state index >= 15 is 0 Å². The van der Waals surface area contributed by atoms with E-state index < -0.39 is 18.7 Å². The molecule has 0 bridgehead atoms. The predicted octanol–water partition coefficient (Wildman–Crippen LogP) is 5.15. The number of hydrogen-bond donors (Lipinski definition) is 1. The number of carbonyl (C=O) groups excluding carboxylic acids is 1. The fourth-order valence-corrected chi connectivity index (χ4v) is 2.62. The number of halogens is 5. The second-order valence-electron chi connectivity index (χ2n) is 4.84. The summed E-state index contributed by atoms with van der Waals surface area (Å²) in [5.74, 6) is -1.01. The fourth-order valence-electron chi connectivity index (χ4n) is 1.75. The molecule has 2 rings (SSSR count). The summed E-state index contributed by atoms with van der Waals surface area (Å²) in [6, 6.07) is 9.47. The molecule has 0 aromatic heterocycles. The molecule has 0 heterocycles. The fraction of sp³-hybridized carbons (Fsp3) is 0.188. The molecule has 0 spiro atoms. The Morgan fingerprint density at radius 2 is 1.84 bits per heavy atom. The summed E-state index contributed by atoms with van der Waals surface area (Å²) in [4.78, 5) is 12.7. The van der Waals surface area contributed by atoms with E-state index in [9.17, 15) is 22.4 Å². The van der Waals surface area contributed by atoms with E-state index in [0.29, 0.717) is 4.90 Å². The number of amides is 1. The van der Waals surface area contributed by atoms with Crippen LogP contribution in [0.1, 0.15) is 0 Å². The van der Waals surface area contributed by atoms with Crippen molar-refractivity contribution < 1.29 is 27.1 Å². The molecule has 25 heavy (non-hydrogen) atoms. The summed E-state index contributed by atoms with van der Waals surface area (Å²) < 4.78 is 54.4. The van der Waals surface area contributed by atoms with E-state index in [1.165, 1.54) is 42.5 Å². The molecular weight excluding hydrogens is 382 g/mol. The second-order valence-corrected chi connectivity index (χ2v) is 6.32. The van der Waals surface area contributed by atoms with Crippen molar-refractivity contribution in [3.05, 3.63) is 53.3 Å². The molecule has 1 amide bonds. The smallest absolute Gasteiger partial charge is 0.422 e. The van der Waals surface area contributed by atoms with Gasteiger partial charge in [-0.25, -0.2) is 4.39 Å². The van der Waals surface area contributed by atoms with Gasteiger partial charge in [-0.1, -0.05) is 11.6 Å². The summed E-state index contributed by atoms with van der Waals surface area (Å²) in [7, 11) is 0. The van der Waals surface area contributed by atoms with Gasteiger partial charge in [-0.15, -0.1) is 11.8 Å². The highest BCUT2D eigenvalue weighted by molar-refractivity contribution is 8.00. The predicted molar refractivity (Wildman–Crippen MR) is 88.8 cm³/mol. The lowest BCUT2D eigenvalue weighted by molar-refractivity contribution is -0.153. The Morgan fingerprint density at radius 3 is 2.48 bits per heavy atom. The number of anilines is 1. The largest absolute Gasteiger partial charge is 0.482 e. The zero-order valence-electron chi connectivity index (χ0n) is 12.6. The lowest BCUT2D eigenvalue weighted by Crippen LogP contribution is -2.20. The number of carbonyl (C=O) groups is 1. The van der Waals surface area contributed by atoms with Crippen LogP contribution in [0.2, 0.25) is 5.02 Å². The molecule has 0 saturated carbocycles. The van der Waals surface area contributed by atoms with E-state index in [2.05, 4.69) is 10.1 Å². The van der Waals surface area contributed by atoms with Crippen LogP contribution in [-0.4, -0.2) is 24.4 Å². The van der Waals surface area contributed by atoms with E-state index in [4.69, 9.17) is 11.6 Å². The Balaban J connectivity index is 1.98. The quantitative estimate of drug-likeness (QED) is 0.544. The molecule has 0 unspecified atom stereocenters. The standard InChI is InChI=1S/C16H12ClF4NO2S/c17-10-1-6-14(24-9-16(19,20)21)13(7-10)22-15(23)8-25-12-4-2-11(18)3-5-12/h1-7H,8-9H2,(H,22,23). The maximum Gasteiger partial charge on any atom is 0.422 e. The second kappa shape index (κ2) is 8.44. The zero-order chi connectivity index (χ0) is 18.4. The first-order chi connectivity index (χ1) is 11.7. The van der Waals surface area contributed by atoms with Gasteiger partial charge in [0.05, 0.1) is 11.4 Å². The Labute approximate surface area is 150 Å². The van der Waals surface area contributed by atoms with Gasteiger partial charge in [0.15, 0.2) is 6.61 Å². The van der Waals surface area contributed by atoms with Gasteiger partial charge in [-0.05, 0) is 42.5 Å². The molecule has 9 heteroatoms. The molecule has 134 valence electrons. The highest BCUT2D eigenvalue weighted by Crippen LogP contribution is 2.30. The average Bonchev–Trinajstić information content (AvgIpc) is 2.53. The van der Waals surface area contributed by atoms with Crippen molar-refractivity contribution in [2.45, 2.75) is 11.1 Å². The highest BCUT2D eigenvalue weighted by Gasteiger charge is 2.29. The van der Waals surface area contributed by atoms with Crippen molar-refractivity contribution in [1.29, 1.82) is 0 Å². The van der Waals surface area contributed by atoms with Gasteiger partial charge >= 0.3 is 6.18 Å². The number of ether oxygens (including phenoxy) is 1. The molecule has 2 aromatic rings. The molecule has 0 radical (unpaired) electrons. The van der Waals surface area contributed by atoms with Crippen LogP contribution in [0.3, 0.4) is 0 Å². The third kappa shape index (κ3) is 6.83. The molecule has 0 saturated heterocycles. The van der Waals surface area contributed by atoms with Crippen LogP contribution in [0, 0.1) is 5.82 Å². The number of benzene rings is 2. The first-order valence-corrected chi connectivity index (χ1v) is 8.26. The van der Waals surface area contributed by atoms with Gasteiger partial charge in [0.2, 0.25) is 5.91 Å². The van der Waals surface area contributed by atoms with Crippen LogP contribution in [0.4, 0.5) is 23.2 Å². The van der Waals surface area contributed by atoms with Gasteiger partial charge in [-0.3, -0.25) is 4.79 Å². The van der Waals surface area contributed by atoms with Crippen molar-refractivity contribution >= 4 is 35.0 Å². The minimum Gasteiger partial charge on any atom is -0.482 e. The van der Waals surface area contributed by atoms with Gasteiger partial charge < -0.3 is 10.1 Å². The molecule has 2 aromatic carbocycles. The van der Waals surface area contributed by atoms with E-state index in [-0.39, 0.29) is 28.0 Å². The number of thioether (sulfide) groups is 1. The van der Waals surface area contributed by atoms with E-state index in [0.717, 1.165) is 11.8 Å². The van der Waals surface area contributed by atoms with Gasteiger partial charge in [0, 0.05) is 9.92 Å². The van der Waals surface area contributed by atoms with Crippen LogP contribution in [0.15, 0.2) is 47.4 Å². The van der Waals surface area contributed by atoms with Crippen molar-refractivity contribution in [1.82, 2.24) is 0 Å². The Morgan fingerprint density at radius 1 is 1.16 bits per heavy atom. The van der Waals surface area contributed by atoms with Gasteiger partial charge in [-0.2, -0.15) is 13.2 Å². The Kier molecular flexibility index (Phi) is 6.55. The van der Waals surface area contributed by atoms with Crippen LogP contribution in [0.25, 0.3) is 0 Å². The summed E-state index contributed by atoms with van der Waals surface area (Å²) >= 11 is 6.96. The first kappa shape index (κ1) is 19.4. The average molecular weight is 394 g/mol. The first-order valence-electron chi connectivity index (χ1n) is 6.90. The van der Waals surface area contributed by atoms with Crippen LogP contribution in [-0.2, 0) is 4.79 Å². The third-order valence-corrected chi connectivity index (χ3v) is 4.04. The number of nitrogens with one attached hydrogen (secondary N) is 1. The monoisotopic (exact) mass is 393 g/mol. The maximum atomic E-state index is 12.8. The molecule has 3 nitrogen and oxygen atoms in total. The molecule has 0 atom stereocenters. The van der Waals surface area contributed by atoms with Crippen LogP contribution < -0.4 is 10.1 Å². The minimum absolute atomic E-state index is 0.0170. The number of alkyl halides is 3. The van der Waals surface area contributed by atoms with Crippen LogP contribution >= 0.6 is 23.4 Å². The molecule has 0 aliphatic heterocycles. The van der Waals surface area contributed by atoms with Crippen molar-refractivity contribution in [3.63, 3.8) is 0 Å². The summed E-state index contributed by atoms with van der Waals surface area (Å²) in [5.41, 5.74) is 0.0430. The third-order valence-electron chi connectivity index (χ3n) is 2.79. The molecule has 0 aliphatic carbocycles. The number of rotatable bonds is 6. The zero-order valence-corrected chi connectivity index (χ0v) is 14.1. The summed E-state index contributed by atoms with van der Waals surface area (Å²) in [6.45, 7) is -1.48. The van der Waals surface area contributed by atoms with Crippen molar-refractivity contribution in [2.75, 3.05) is 17.7 Å². The molecular formula is C16H12ClF4NO2S. The van der Waals surface area contributed by atoms with E-state index in [1.807, 2.05) is 0 Å². The lowest BCUT2D eigenvalue weighted by atomic mass is 10.3. The molecule has 0 fully saturated rings. The van der Waals surface area contributed by atoms with Gasteiger partial charge in [0.25, 0.3) is 0 Å². The summed E-state index contributed by atoms with van der Waals surface area (Å²) in [6.07, 6.45) is -4.50. The maximum absolute atomic E-state index is 12.8.